The molecule has 0 saturated carbocycles. The Labute approximate surface area is 134 Å². The molecule has 0 aliphatic carbocycles. The Morgan fingerprint density at radius 3 is 2.67 bits per heavy atom. The maximum absolute atomic E-state index is 12.4. The number of para-hydroxylation sites is 1. The van der Waals surface area contributed by atoms with E-state index in [1.165, 1.54) is 11.3 Å². The van der Waals surface area contributed by atoms with E-state index in [1.807, 2.05) is 61.0 Å². The zero-order valence-corrected chi connectivity index (χ0v) is 14.0. The SMILES string of the molecule is Cc1ccccc1C(=O)N=c1sc2cccc(Br)c2n1C. The van der Waals surface area contributed by atoms with Crippen molar-refractivity contribution in [3.8, 4) is 0 Å². The smallest absolute Gasteiger partial charge is 0.279 e. The third kappa shape index (κ3) is 2.59. The highest BCUT2D eigenvalue weighted by atomic mass is 79.9. The van der Waals surface area contributed by atoms with Gasteiger partial charge in [-0.05, 0) is 46.6 Å². The molecule has 0 fully saturated rings. The van der Waals surface area contributed by atoms with Gasteiger partial charge >= 0.3 is 0 Å². The van der Waals surface area contributed by atoms with Crippen LogP contribution in [-0.4, -0.2) is 10.5 Å². The number of aryl methyl sites for hydroxylation is 2. The minimum Gasteiger partial charge on any atom is -0.318 e. The van der Waals surface area contributed by atoms with Gasteiger partial charge in [-0.1, -0.05) is 35.6 Å². The van der Waals surface area contributed by atoms with Gasteiger partial charge in [-0.25, -0.2) is 0 Å². The zero-order valence-electron chi connectivity index (χ0n) is 11.6. The van der Waals surface area contributed by atoms with Gasteiger partial charge in [0.1, 0.15) is 0 Å². The Balaban J connectivity index is 2.17. The van der Waals surface area contributed by atoms with Crippen molar-refractivity contribution in [1.82, 2.24) is 4.57 Å². The number of amides is 1. The van der Waals surface area contributed by atoms with Crippen LogP contribution in [0.5, 0.6) is 0 Å². The van der Waals surface area contributed by atoms with E-state index < -0.39 is 0 Å². The first-order valence-corrected chi connectivity index (χ1v) is 8.07. The largest absolute Gasteiger partial charge is 0.318 e. The number of thiazole rings is 1. The summed E-state index contributed by atoms with van der Waals surface area (Å²) in [4.78, 5) is 17.4. The van der Waals surface area contributed by atoms with E-state index in [0.717, 1.165) is 20.3 Å². The molecule has 3 rings (SSSR count). The number of carbonyl (C=O) groups excluding carboxylic acids is 1. The molecule has 0 atom stereocenters. The average Bonchev–Trinajstić information content (AvgIpc) is 2.77. The van der Waals surface area contributed by atoms with Crippen molar-refractivity contribution in [3.63, 3.8) is 0 Å². The van der Waals surface area contributed by atoms with Crippen LogP contribution in [0.1, 0.15) is 15.9 Å². The molecule has 1 aromatic heterocycles. The first kappa shape index (κ1) is 14.2. The van der Waals surface area contributed by atoms with E-state index in [0.29, 0.717) is 10.4 Å². The highest BCUT2D eigenvalue weighted by Crippen LogP contribution is 2.24. The summed E-state index contributed by atoms with van der Waals surface area (Å²) in [5, 5.41) is 0. The maximum Gasteiger partial charge on any atom is 0.279 e. The predicted molar refractivity (Wildman–Crippen MR) is 89.6 cm³/mol. The van der Waals surface area contributed by atoms with E-state index in [1.54, 1.807) is 0 Å². The standard InChI is InChI=1S/C16H13BrN2OS/c1-10-6-3-4-7-11(10)15(20)18-16-19(2)14-12(17)8-5-9-13(14)21-16/h3-9H,1-2H3. The van der Waals surface area contributed by atoms with Crippen LogP contribution < -0.4 is 4.80 Å². The van der Waals surface area contributed by atoms with Gasteiger partial charge in [0, 0.05) is 17.1 Å². The van der Waals surface area contributed by atoms with Crippen molar-refractivity contribution in [3.05, 3.63) is 62.9 Å². The lowest BCUT2D eigenvalue weighted by Gasteiger charge is -2.00. The van der Waals surface area contributed by atoms with Crippen LogP contribution in [0.4, 0.5) is 0 Å². The number of carbonyl (C=O) groups is 1. The molecule has 106 valence electrons. The highest BCUT2D eigenvalue weighted by molar-refractivity contribution is 9.10. The molecule has 0 aliphatic rings. The molecule has 0 unspecified atom stereocenters. The highest BCUT2D eigenvalue weighted by Gasteiger charge is 2.10. The first-order valence-electron chi connectivity index (χ1n) is 6.46. The van der Waals surface area contributed by atoms with Crippen molar-refractivity contribution in [2.24, 2.45) is 12.0 Å². The third-order valence-electron chi connectivity index (χ3n) is 3.35. The summed E-state index contributed by atoms with van der Waals surface area (Å²) in [5.41, 5.74) is 2.64. The normalized spacial score (nSPS) is 12.0. The molecular weight excluding hydrogens is 348 g/mol. The van der Waals surface area contributed by atoms with Crippen molar-refractivity contribution in [2.45, 2.75) is 6.92 Å². The molecule has 21 heavy (non-hydrogen) atoms. The van der Waals surface area contributed by atoms with Crippen LogP contribution in [0.3, 0.4) is 0 Å². The summed E-state index contributed by atoms with van der Waals surface area (Å²) in [7, 11) is 1.92. The molecule has 0 aliphatic heterocycles. The monoisotopic (exact) mass is 360 g/mol. The second-order valence-corrected chi connectivity index (χ2v) is 6.63. The number of aromatic nitrogens is 1. The summed E-state index contributed by atoms with van der Waals surface area (Å²) >= 11 is 5.06. The van der Waals surface area contributed by atoms with Crippen LogP contribution in [0.2, 0.25) is 0 Å². The number of hydrogen-bond donors (Lipinski definition) is 0. The Hall–Kier alpha value is -1.72. The van der Waals surface area contributed by atoms with E-state index in [9.17, 15) is 4.79 Å². The van der Waals surface area contributed by atoms with Gasteiger partial charge in [0.25, 0.3) is 5.91 Å². The molecular formula is C16H13BrN2OS. The molecule has 1 heterocycles. The zero-order chi connectivity index (χ0) is 15.0. The average molecular weight is 361 g/mol. The van der Waals surface area contributed by atoms with Crippen LogP contribution in [0, 0.1) is 6.92 Å². The quantitative estimate of drug-likeness (QED) is 0.644. The fourth-order valence-corrected chi connectivity index (χ4v) is 4.03. The van der Waals surface area contributed by atoms with Gasteiger partial charge in [-0.15, -0.1) is 0 Å². The third-order valence-corrected chi connectivity index (χ3v) is 5.08. The summed E-state index contributed by atoms with van der Waals surface area (Å²) in [6.07, 6.45) is 0. The van der Waals surface area contributed by atoms with Crippen molar-refractivity contribution in [2.75, 3.05) is 0 Å². The lowest BCUT2D eigenvalue weighted by molar-refractivity contribution is 0.0997. The number of rotatable bonds is 1. The molecule has 1 amide bonds. The number of nitrogens with zero attached hydrogens (tertiary/aromatic N) is 2. The number of benzene rings is 2. The Kier molecular flexibility index (Phi) is 3.78. The van der Waals surface area contributed by atoms with E-state index in [-0.39, 0.29) is 5.91 Å². The Morgan fingerprint density at radius 1 is 1.19 bits per heavy atom. The van der Waals surface area contributed by atoms with Gasteiger partial charge in [-0.2, -0.15) is 4.99 Å². The van der Waals surface area contributed by atoms with Gasteiger partial charge < -0.3 is 4.57 Å². The Bertz CT molecular complexity index is 908. The first-order chi connectivity index (χ1) is 10.1. The molecule has 0 saturated heterocycles. The van der Waals surface area contributed by atoms with E-state index in [4.69, 9.17) is 0 Å². The van der Waals surface area contributed by atoms with Crippen LogP contribution >= 0.6 is 27.3 Å². The topological polar surface area (TPSA) is 34.4 Å². The molecule has 3 nitrogen and oxygen atoms in total. The van der Waals surface area contributed by atoms with Gasteiger partial charge in [0.2, 0.25) is 0 Å². The fraction of sp³-hybridized carbons (Fsp3) is 0.125. The number of halogens is 1. The van der Waals surface area contributed by atoms with E-state index in [2.05, 4.69) is 20.9 Å². The van der Waals surface area contributed by atoms with Crippen molar-refractivity contribution >= 4 is 43.4 Å². The summed E-state index contributed by atoms with van der Waals surface area (Å²) in [6.45, 7) is 1.92. The number of hydrogen-bond acceptors (Lipinski definition) is 2. The summed E-state index contributed by atoms with van der Waals surface area (Å²) in [5.74, 6) is -0.202. The van der Waals surface area contributed by atoms with Crippen molar-refractivity contribution < 1.29 is 4.79 Å². The van der Waals surface area contributed by atoms with Crippen LogP contribution in [0.15, 0.2) is 51.9 Å². The van der Waals surface area contributed by atoms with Gasteiger partial charge in [-0.3, -0.25) is 4.79 Å². The molecule has 2 aromatic carbocycles. The van der Waals surface area contributed by atoms with Gasteiger partial charge in [0.05, 0.1) is 10.2 Å². The lowest BCUT2D eigenvalue weighted by atomic mass is 10.1. The second kappa shape index (κ2) is 5.58. The van der Waals surface area contributed by atoms with Crippen LogP contribution in [-0.2, 0) is 7.05 Å². The van der Waals surface area contributed by atoms with Crippen LogP contribution in [0.25, 0.3) is 10.2 Å². The predicted octanol–water partition coefficient (Wildman–Crippen LogP) is 4.05. The maximum atomic E-state index is 12.4. The molecule has 3 aromatic rings. The minimum atomic E-state index is -0.202. The molecule has 5 heteroatoms. The molecule has 0 N–H and O–H groups in total. The lowest BCUT2D eigenvalue weighted by Crippen LogP contribution is -2.13. The molecule has 0 bridgehead atoms. The minimum absolute atomic E-state index is 0.202. The second-order valence-electron chi connectivity index (χ2n) is 4.76. The number of fused-ring (bicyclic) bond motifs is 1. The van der Waals surface area contributed by atoms with Crippen molar-refractivity contribution in [1.29, 1.82) is 0 Å². The van der Waals surface area contributed by atoms with E-state index >= 15 is 0 Å². The Morgan fingerprint density at radius 2 is 1.95 bits per heavy atom. The molecule has 0 spiro atoms. The fourth-order valence-electron chi connectivity index (χ4n) is 2.22. The van der Waals surface area contributed by atoms with Gasteiger partial charge in [0.15, 0.2) is 4.80 Å². The summed E-state index contributed by atoms with van der Waals surface area (Å²) < 4.78 is 4.05. The molecule has 0 radical (unpaired) electrons. The summed E-state index contributed by atoms with van der Waals surface area (Å²) in [6, 6.07) is 13.5.